The molecule has 0 aliphatic heterocycles. The molecule has 0 fully saturated rings. The first kappa shape index (κ1) is 31.6. The summed E-state index contributed by atoms with van der Waals surface area (Å²) in [6.07, 6.45) is 10.3. The Morgan fingerprint density at radius 3 is 1.31 bits per heavy atom. The van der Waals surface area contributed by atoms with Crippen LogP contribution in [0, 0.1) is 0 Å². The van der Waals surface area contributed by atoms with Gasteiger partial charge in [-0.3, -0.25) is 0 Å². The van der Waals surface area contributed by atoms with Crippen molar-refractivity contribution >= 4 is 12.1 Å². The fourth-order valence-electron chi connectivity index (χ4n) is 6.51. The second-order valence-electron chi connectivity index (χ2n) is 12.0. The molecule has 0 amide bonds. The van der Waals surface area contributed by atoms with Gasteiger partial charge in [-0.2, -0.15) is 0 Å². The first-order valence-electron chi connectivity index (χ1n) is 15.8. The third-order valence-electron chi connectivity index (χ3n) is 9.17. The average Bonchev–Trinajstić information content (AvgIpc) is 3.03. The summed E-state index contributed by atoms with van der Waals surface area (Å²) in [5.41, 5.74) is 2.77. The third-order valence-corrected chi connectivity index (χ3v) is 15.5. The van der Waals surface area contributed by atoms with Crippen molar-refractivity contribution < 1.29 is 14.7 Å². The number of benzene rings is 4. The van der Waals surface area contributed by atoms with Crippen molar-refractivity contribution in [1.29, 1.82) is 0 Å². The Kier molecular flexibility index (Phi) is 10.4. The van der Waals surface area contributed by atoms with E-state index in [1.807, 2.05) is 24.3 Å². The van der Waals surface area contributed by atoms with Gasteiger partial charge in [0.2, 0.25) is 0 Å². The molecule has 0 radical (unpaired) electrons. The monoisotopic (exact) mass is 584 g/mol. The number of aromatic hydroxyl groups is 2. The van der Waals surface area contributed by atoms with Gasteiger partial charge in [-0.05, 0) is 0 Å². The Morgan fingerprint density at radius 2 is 0.929 bits per heavy atom. The molecule has 0 saturated heterocycles. The van der Waals surface area contributed by atoms with Gasteiger partial charge in [0.05, 0.1) is 0 Å². The van der Waals surface area contributed by atoms with Gasteiger partial charge in [0.15, 0.2) is 0 Å². The van der Waals surface area contributed by atoms with Gasteiger partial charge in [-0.1, -0.05) is 0 Å². The summed E-state index contributed by atoms with van der Waals surface area (Å²) in [5, 5.41) is 21.4. The minimum atomic E-state index is -2.80. The first-order valence-corrected chi connectivity index (χ1v) is 18.5. The van der Waals surface area contributed by atoms with Gasteiger partial charge in [-0.15, -0.1) is 0 Å². The molecule has 0 spiro atoms. The van der Waals surface area contributed by atoms with Crippen LogP contribution in [0.25, 0.3) is 0 Å². The van der Waals surface area contributed by atoms with Crippen molar-refractivity contribution in [3.8, 4) is 17.2 Å². The van der Waals surface area contributed by atoms with Gasteiger partial charge >= 0.3 is 254 Å². The molecular formula is C38H49O3P. The molecule has 4 heteroatoms. The van der Waals surface area contributed by atoms with Crippen LogP contribution in [0.1, 0.15) is 82.9 Å². The number of unbranched alkanes of at least 4 members (excludes halogenated alkanes) is 3. The van der Waals surface area contributed by atoms with Crippen molar-refractivity contribution in [3.63, 3.8) is 0 Å². The second-order valence-corrected chi connectivity index (χ2v) is 17.3. The zero-order valence-electron chi connectivity index (χ0n) is 25.9. The number of rotatable bonds is 15. The summed E-state index contributed by atoms with van der Waals surface area (Å²) in [6.45, 7) is 6.28. The Bertz CT molecular complexity index is 1310. The normalized spacial score (nSPS) is 12.9. The Morgan fingerprint density at radius 1 is 0.548 bits per heavy atom. The van der Waals surface area contributed by atoms with Crippen LogP contribution < -0.4 is 9.83 Å². The third kappa shape index (κ3) is 6.52. The summed E-state index contributed by atoms with van der Waals surface area (Å²) >= 11 is 0. The molecular weight excluding hydrogens is 535 g/mol. The molecule has 0 saturated carbocycles. The molecule has 0 unspecified atom stereocenters. The van der Waals surface area contributed by atoms with Crippen LogP contribution in [-0.2, 0) is 5.41 Å². The van der Waals surface area contributed by atoms with E-state index >= 15 is 0 Å². The van der Waals surface area contributed by atoms with Crippen molar-refractivity contribution in [3.05, 3.63) is 120 Å². The number of hydrogen-bond acceptors (Lipinski definition) is 3. The SMILES string of the molecule is CCCCP(CCCC)(CCCC)(Oc1ccc(C(C)(c2ccc(O)cc2)c2ccc(O)cc2)cc1)c1ccccc1. The van der Waals surface area contributed by atoms with E-state index in [1.165, 1.54) is 5.30 Å². The molecule has 0 bridgehead atoms. The van der Waals surface area contributed by atoms with E-state index in [9.17, 15) is 10.2 Å². The predicted octanol–water partition coefficient (Wildman–Crippen LogP) is 10.0. The second kappa shape index (κ2) is 13.8. The summed E-state index contributed by atoms with van der Waals surface area (Å²) in [7, 11) is 0. The van der Waals surface area contributed by atoms with Crippen LogP contribution in [0.4, 0.5) is 0 Å². The molecule has 2 N–H and O–H groups in total. The quantitative estimate of drug-likeness (QED) is 0.108. The van der Waals surface area contributed by atoms with Crippen molar-refractivity contribution in [1.82, 2.24) is 0 Å². The molecule has 3 nitrogen and oxygen atoms in total. The summed E-state index contributed by atoms with van der Waals surface area (Å²) < 4.78 is 7.56. The van der Waals surface area contributed by atoms with Crippen LogP contribution in [0.5, 0.6) is 17.2 Å². The van der Waals surface area contributed by atoms with Crippen molar-refractivity contribution in [2.24, 2.45) is 0 Å². The fraction of sp³-hybridized carbons (Fsp3) is 0.368. The Hall–Kier alpha value is -3.29. The molecule has 0 aromatic heterocycles. The van der Waals surface area contributed by atoms with E-state index in [-0.39, 0.29) is 11.5 Å². The first-order chi connectivity index (χ1) is 20.3. The van der Waals surface area contributed by atoms with E-state index in [0.29, 0.717) is 0 Å². The fourth-order valence-corrected chi connectivity index (χ4v) is 13.1. The molecule has 4 aromatic rings. The summed E-state index contributed by atoms with van der Waals surface area (Å²) in [4.78, 5) is 0. The van der Waals surface area contributed by atoms with E-state index < -0.39 is 12.2 Å². The van der Waals surface area contributed by atoms with E-state index in [0.717, 1.165) is 79.5 Å². The number of phenols is 2. The molecule has 0 aliphatic rings. The van der Waals surface area contributed by atoms with Gasteiger partial charge in [0, 0.05) is 0 Å². The van der Waals surface area contributed by atoms with Crippen LogP contribution in [0.3, 0.4) is 0 Å². The maximum absolute atomic E-state index is 10.0. The molecule has 42 heavy (non-hydrogen) atoms. The Balaban J connectivity index is 1.83. The van der Waals surface area contributed by atoms with E-state index in [2.05, 4.69) is 82.3 Å². The molecule has 0 atom stereocenters. The molecule has 224 valence electrons. The predicted molar refractivity (Wildman–Crippen MR) is 181 cm³/mol. The van der Waals surface area contributed by atoms with Crippen LogP contribution in [0.2, 0.25) is 0 Å². The zero-order valence-corrected chi connectivity index (χ0v) is 26.8. The number of hydrogen-bond donors (Lipinski definition) is 2. The van der Waals surface area contributed by atoms with Gasteiger partial charge in [-0.25, -0.2) is 0 Å². The van der Waals surface area contributed by atoms with Gasteiger partial charge in [0.25, 0.3) is 0 Å². The van der Waals surface area contributed by atoms with Crippen molar-refractivity contribution in [2.45, 2.75) is 71.6 Å². The number of phenolic OH excluding ortho intramolecular Hbond substituents is 2. The minimum absolute atomic E-state index is 0.244. The zero-order chi connectivity index (χ0) is 30.1. The summed E-state index contributed by atoms with van der Waals surface area (Å²) in [5.74, 6) is 1.44. The van der Waals surface area contributed by atoms with E-state index in [4.69, 9.17) is 4.52 Å². The Labute approximate surface area is 253 Å². The van der Waals surface area contributed by atoms with Crippen molar-refractivity contribution in [2.75, 3.05) is 18.5 Å². The van der Waals surface area contributed by atoms with Gasteiger partial charge in [0.1, 0.15) is 0 Å². The summed E-state index contributed by atoms with van der Waals surface area (Å²) in [6, 6.07) is 34.8. The van der Waals surface area contributed by atoms with Gasteiger partial charge < -0.3 is 0 Å². The van der Waals surface area contributed by atoms with Crippen LogP contribution >= 0.6 is 6.83 Å². The maximum atomic E-state index is 10.0. The van der Waals surface area contributed by atoms with Crippen LogP contribution in [0.15, 0.2) is 103 Å². The molecule has 4 rings (SSSR count). The molecule has 0 aliphatic carbocycles. The average molecular weight is 585 g/mol. The molecule has 0 heterocycles. The standard InChI is InChI=1S/C38H49O3P/c1-5-8-28-42(29-9-6-2,30-10-7-3,37-14-12-11-13-15-37)41-36-26-20-33(21-27-36)38(4,31-16-22-34(39)23-17-31)32-18-24-35(40)25-19-32/h11-27,39-40H,5-10,28-30H2,1-4H3. The molecule has 4 aromatic carbocycles. The van der Waals surface area contributed by atoms with E-state index in [1.54, 1.807) is 24.3 Å². The van der Waals surface area contributed by atoms with Crippen LogP contribution in [-0.4, -0.2) is 28.7 Å². The topological polar surface area (TPSA) is 49.7 Å².